The average Bonchev–Trinajstić information content (AvgIpc) is 3.47. The highest BCUT2D eigenvalue weighted by molar-refractivity contribution is 7.22. The Hall–Kier alpha value is -3.72. The van der Waals surface area contributed by atoms with Crippen molar-refractivity contribution in [2.75, 3.05) is 18.4 Å². The predicted molar refractivity (Wildman–Crippen MR) is 158 cm³/mol. The second-order valence-corrected chi connectivity index (χ2v) is 10.4. The van der Waals surface area contributed by atoms with Gasteiger partial charge in [-0.15, -0.1) is 0 Å². The number of hydrogen-bond donors (Lipinski definition) is 2. The fourth-order valence-electron chi connectivity index (χ4n) is 4.45. The van der Waals surface area contributed by atoms with Crippen molar-refractivity contribution in [3.63, 3.8) is 0 Å². The number of rotatable bonds is 9. The summed E-state index contributed by atoms with van der Waals surface area (Å²) < 4.78 is 3.19. The van der Waals surface area contributed by atoms with Crippen LogP contribution in [-0.2, 0) is 13.1 Å². The maximum atomic E-state index is 12.5. The molecule has 0 saturated heterocycles. The van der Waals surface area contributed by atoms with Crippen LogP contribution in [0, 0.1) is 0 Å². The molecule has 5 aromatic rings. The first-order valence-corrected chi connectivity index (χ1v) is 13.8. The molecule has 0 aliphatic heterocycles. The molecule has 9 heteroatoms. The van der Waals surface area contributed by atoms with Crippen molar-refractivity contribution >= 4 is 61.4 Å². The highest BCUT2D eigenvalue weighted by Crippen LogP contribution is 2.27. The van der Waals surface area contributed by atoms with E-state index in [4.69, 9.17) is 11.6 Å². The van der Waals surface area contributed by atoms with Crippen LogP contribution in [0.2, 0.25) is 5.02 Å². The molecule has 0 saturated carbocycles. The number of para-hydroxylation sites is 1. The molecule has 0 spiro atoms. The molecule has 7 nitrogen and oxygen atoms in total. The number of aromatic nitrogens is 2. The largest absolute Gasteiger partial charge is 0.342 e. The van der Waals surface area contributed by atoms with E-state index in [9.17, 15) is 4.79 Å². The minimum Gasteiger partial charge on any atom is -0.342 e. The third kappa shape index (κ3) is 6.05. The van der Waals surface area contributed by atoms with Gasteiger partial charge < -0.3 is 4.57 Å². The highest BCUT2D eigenvalue weighted by atomic mass is 35.5. The topological polar surface area (TPSA) is 74.6 Å². The minimum absolute atomic E-state index is 0.439. The fourth-order valence-corrected chi connectivity index (χ4v) is 5.59. The molecule has 2 aromatic heterocycles. The van der Waals surface area contributed by atoms with E-state index in [0.29, 0.717) is 16.7 Å². The molecular weight excluding hydrogens is 516 g/mol. The lowest BCUT2D eigenvalue weighted by Gasteiger charge is -2.17. The molecule has 0 aliphatic rings. The SMILES string of the molecule is CCN(CC)Cc1ccc2nc(NC(=O)N/N=C/c3cn(Cc4cccc(Cl)c4)c4ccccc34)sc2c1. The monoisotopic (exact) mass is 544 g/mol. The molecular formula is C29H29ClN6OS. The van der Waals surface area contributed by atoms with Gasteiger partial charge in [0.1, 0.15) is 0 Å². The first-order valence-electron chi connectivity index (χ1n) is 12.6. The molecule has 0 aliphatic carbocycles. The van der Waals surface area contributed by atoms with E-state index in [1.54, 1.807) is 6.21 Å². The highest BCUT2D eigenvalue weighted by Gasteiger charge is 2.10. The number of anilines is 1. The van der Waals surface area contributed by atoms with Crippen molar-refractivity contribution in [1.29, 1.82) is 0 Å². The summed E-state index contributed by atoms with van der Waals surface area (Å²) in [5, 5.41) is 9.28. The van der Waals surface area contributed by atoms with Crippen LogP contribution in [0.25, 0.3) is 21.1 Å². The summed E-state index contributed by atoms with van der Waals surface area (Å²) in [4.78, 5) is 19.4. The zero-order valence-electron chi connectivity index (χ0n) is 21.3. The van der Waals surface area contributed by atoms with Gasteiger partial charge in [-0.05, 0) is 54.5 Å². The molecule has 2 amide bonds. The van der Waals surface area contributed by atoms with Gasteiger partial charge in [-0.3, -0.25) is 10.2 Å². The van der Waals surface area contributed by atoms with E-state index >= 15 is 0 Å². The van der Waals surface area contributed by atoms with Gasteiger partial charge in [0, 0.05) is 40.8 Å². The van der Waals surface area contributed by atoms with Crippen LogP contribution in [0.4, 0.5) is 9.93 Å². The number of thiazole rings is 1. The minimum atomic E-state index is -0.439. The number of halogens is 1. The van der Waals surface area contributed by atoms with Crippen LogP contribution in [-0.4, -0.2) is 39.8 Å². The average molecular weight is 545 g/mol. The zero-order chi connectivity index (χ0) is 26.5. The quantitative estimate of drug-likeness (QED) is 0.156. The molecule has 38 heavy (non-hydrogen) atoms. The number of carbonyl (C=O) groups excluding carboxylic acids is 1. The number of hydrogen-bond acceptors (Lipinski definition) is 5. The van der Waals surface area contributed by atoms with Gasteiger partial charge in [0.2, 0.25) is 0 Å². The van der Waals surface area contributed by atoms with Gasteiger partial charge in [0.25, 0.3) is 0 Å². The van der Waals surface area contributed by atoms with E-state index in [-0.39, 0.29) is 0 Å². The molecule has 2 N–H and O–H groups in total. The zero-order valence-corrected chi connectivity index (χ0v) is 22.9. The summed E-state index contributed by atoms with van der Waals surface area (Å²) in [6, 6.07) is 21.7. The first kappa shape index (κ1) is 25.9. The lowest BCUT2D eigenvalue weighted by atomic mass is 10.2. The number of hydrazone groups is 1. The number of fused-ring (bicyclic) bond motifs is 2. The molecule has 0 radical (unpaired) electrons. The Morgan fingerprint density at radius 1 is 1.08 bits per heavy atom. The summed E-state index contributed by atoms with van der Waals surface area (Å²) in [7, 11) is 0. The standard InChI is InChI=1S/C29H29ClN6OS/c1-3-35(4-2)17-21-12-13-25-27(15-21)38-29(32-25)33-28(37)34-31-16-22-19-36(26-11-6-5-10-24(22)26)18-20-8-7-9-23(30)14-20/h5-16,19H,3-4,17-18H2,1-2H3,(H2,32,33,34,37)/b31-16+. The molecule has 0 fully saturated rings. The Morgan fingerprint density at radius 3 is 2.74 bits per heavy atom. The number of carbonyl (C=O) groups is 1. The fraction of sp³-hybridized carbons (Fsp3) is 0.207. The van der Waals surface area contributed by atoms with Crippen molar-refractivity contribution in [2.45, 2.75) is 26.9 Å². The van der Waals surface area contributed by atoms with Gasteiger partial charge in [0.05, 0.1) is 16.4 Å². The summed E-state index contributed by atoms with van der Waals surface area (Å²) in [5.41, 5.74) is 7.75. The van der Waals surface area contributed by atoms with Crippen molar-refractivity contribution in [3.05, 3.63) is 94.6 Å². The Morgan fingerprint density at radius 2 is 1.92 bits per heavy atom. The van der Waals surface area contributed by atoms with E-state index in [1.807, 2.05) is 54.7 Å². The van der Waals surface area contributed by atoms with Crippen molar-refractivity contribution in [3.8, 4) is 0 Å². The van der Waals surface area contributed by atoms with Crippen molar-refractivity contribution < 1.29 is 4.79 Å². The van der Waals surface area contributed by atoms with Crippen molar-refractivity contribution in [1.82, 2.24) is 19.9 Å². The molecule has 5 rings (SSSR count). The summed E-state index contributed by atoms with van der Waals surface area (Å²) >= 11 is 7.62. The van der Waals surface area contributed by atoms with Crippen LogP contribution in [0.5, 0.6) is 0 Å². The third-order valence-corrected chi connectivity index (χ3v) is 7.57. The second-order valence-electron chi connectivity index (χ2n) is 8.97. The van der Waals surface area contributed by atoms with Crippen LogP contribution in [0.15, 0.2) is 78.0 Å². The van der Waals surface area contributed by atoms with Gasteiger partial charge in [-0.25, -0.2) is 15.2 Å². The Labute approximate surface area is 230 Å². The molecule has 0 atom stereocenters. The second kappa shape index (κ2) is 11.8. The van der Waals surface area contributed by atoms with Gasteiger partial charge >= 0.3 is 6.03 Å². The lowest BCUT2D eigenvalue weighted by molar-refractivity contribution is 0.252. The van der Waals surface area contributed by atoms with Gasteiger partial charge in [-0.2, -0.15) is 5.10 Å². The number of nitrogens with one attached hydrogen (secondary N) is 2. The maximum Gasteiger partial charge on any atom is 0.341 e. The number of amides is 2. The molecule has 0 bridgehead atoms. The van der Waals surface area contributed by atoms with Gasteiger partial charge in [0.15, 0.2) is 5.13 Å². The van der Waals surface area contributed by atoms with E-state index in [0.717, 1.165) is 51.9 Å². The lowest BCUT2D eigenvalue weighted by Crippen LogP contribution is -2.24. The Bertz CT molecular complexity index is 1600. The molecule has 2 heterocycles. The van der Waals surface area contributed by atoms with Crippen molar-refractivity contribution in [2.24, 2.45) is 5.10 Å². The number of urea groups is 1. The molecule has 0 unspecified atom stereocenters. The predicted octanol–water partition coefficient (Wildman–Crippen LogP) is 6.95. The van der Waals surface area contributed by atoms with E-state index < -0.39 is 6.03 Å². The third-order valence-electron chi connectivity index (χ3n) is 6.41. The number of nitrogens with zero attached hydrogens (tertiary/aromatic N) is 4. The summed E-state index contributed by atoms with van der Waals surface area (Å²) in [6.07, 6.45) is 3.69. The molecule has 194 valence electrons. The normalized spacial score (nSPS) is 11.7. The van der Waals surface area contributed by atoms with E-state index in [1.165, 1.54) is 16.9 Å². The summed E-state index contributed by atoms with van der Waals surface area (Å²) in [6.45, 7) is 7.92. The summed E-state index contributed by atoms with van der Waals surface area (Å²) in [5.74, 6) is 0. The van der Waals surface area contributed by atoms with Crippen LogP contribution in [0.1, 0.15) is 30.5 Å². The first-order chi connectivity index (χ1) is 18.5. The van der Waals surface area contributed by atoms with E-state index in [2.05, 4.69) is 62.3 Å². The molecule has 3 aromatic carbocycles. The van der Waals surface area contributed by atoms with Crippen LogP contribution in [0.3, 0.4) is 0 Å². The van der Waals surface area contributed by atoms with Crippen LogP contribution >= 0.6 is 22.9 Å². The number of benzene rings is 3. The van der Waals surface area contributed by atoms with Gasteiger partial charge in [-0.1, -0.05) is 73.2 Å². The Balaban J connectivity index is 1.25. The van der Waals surface area contributed by atoms with Crippen LogP contribution < -0.4 is 10.7 Å². The smallest absolute Gasteiger partial charge is 0.341 e. The Kier molecular flexibility index (Phi) is 8.03. The maximum absolute atomic E-state index is 12.5.